The molecule has 1 unspecified atom stereocenters. The number of aliphatic hydroxyl groups is 1. The highest BCUT2D eigenvalue weighted by atomic mass is 16.7. The maximum absolute atomic E-state index is 13.4. The van der Waals surface area contributed by atoms with Crippen molar-refractivity contribution in [3.8, 4) is 11.5 Å². The molecule has 0 aliphatic carbocycles. The number of esters is 2. The van der Waals surface area contributed by atoms with E-state index >= 15 is 0 Å². The van der Waals surface area contributed by atoms with E-state index in [4.69, 9.17) is 28.4 Å². The summed E-state index contributed by atoms with van der Waals surface area (Å²) in [5.74, 6) is -0.481. The quantitative estimate of drug-likeness (QED) is 0.113. The molecule has 0 radical (unpaired) electrons. The predicted octanol–water partition coefficient (Wildman–Crippen LogP) is 6.40. The molecule has 0 saturated carbocycles. The first-order valence-corrected chi connectivity index (χ1v) is 15.9. The number of ether oxygens (including phenoxy) is 6. The van der Waals surface area contributed by atoms with Crippen molar-refractivity contribution in [2.45, 2.75) is 43.9 Å². The number of carbonyl (C=O) groups is 2. The Morgan fingerprint density at radius 1 is 0.592 bits per heavy atom. The maximum atomic E-state index is 13.4. The predicted molar refractivity (Wildman–Crippen MR) is 180 cm³/mol. The van der Waals surface area contributed by atoms with Gasteiger partial charge in [0.25, 0.3) is 0 Å². The van der Waals surface area contributed by atoms with Gasteiger partial charge < -0.3 is 33.5 Å². The average molecular weight is 661 g/mol. The molecule has 1 aliphatic rings. The van der Waals surface area contributed by atoms with Gasteiger partial charge in [0.05, 0.1) is 30.9 Å². The van der Waals surface area contributed by atoms with Crippen LogP contribution in [0.4, 0.5) is 0 Å². The van der Waals surface area contributed by atoms with E-state index < -0.39 is 42.6 Å². The monoisotopic (exact) mass is 660 g/mol. The summed E-state index contributed by atoms with van der Waals surface area (Å²) in [5.41, 5.74) is 2.56. The van der Waals surface area contributed by atoms with Crippen LogP contribution in [0.25, 0.3) is 0 Å². The van der Waals surface area contributed by atoms with Crippen molar-refractivity contribution >= 4 is 11.9 Å². The summed E-state index contributed by atoms with van der Waals surface area (Å²) in [6.45, 7) is 0.437. The molecule has 6 rings (SSSR count). The molecule has 1 saturated heterocycles. The molecule has 9 heteroatoms. The highest BCUT2D eigenvalue weighted by molar-refractivity contribution is 5.91. The SMILES string of the molecule is O=C(Oc1ccc(OC2O[C@H](COCc3ccccc3)[C@@H](O)[C@H](OCc3ccccc3)[C@@H]2OC(=O)c2ccccc2)cc1)c1ccccc1. The number of hydrogen-bond donors (Lipinski definition) is 1. The van der Waals surface area contributed by atoms with E-state index in [0.717, 1.165) is 11.1 Å². The molecule has 0 bridgehead atoms. The van der Waals surface area contributed by atoms with Gasteiger partial charge in [-0.2, -0.15) is 0 Å². The minimum atomic E-state index is -1.24. The molecule has 1 N–H and O–H groups in total. The Balaban J connectivity index is 1.24. The second-order valence-electron chi connectivity index (χ2n) is 11.4. The Morgan fingerprint density at radius 3 is 1.69 bits per heavy atom. The topological polar surface area (TPSA) is 110 Å². The van der Waals surface area contributed by atoms with E-state index in [-0.39, 0.29) is 13.2 Å². The van der Waals surface area contributed by atoms with Gasteiger partial charge in [-0.1, -0.05) is 97.1 Å². The lowest BCUT2D eigenvalue weighted by Gasteiger charge is -2.43. The second-order valence-corrected chi connectivity index (χ2v) is 11.4. The second kappa shape index (κ2) is 16.7. The summed E-state index contributed by atoms with van der Waals surface area (Å²) in [4.78, 5) is 25.9. The molecular weight excluding hydrogens is 624 g/mol. The van der Waals surface area contributed by atoms with Crippen LogP contribution < -0.4 is 9.47 Å². The van der Waals surface area contributed by atoms with Gasteiger partial charge in [-0.3, -0.25) is 0 Å². The fourth-order valence-electron chi connectivity index (χ4n) is 5.30. The molecular formula is C40H36O9. The Hall–Kier alpha value is -5.32. The van der Waals surface area contributed by atoms with Gasteiger partial charge in [0.2, 0.25) is 6.29 Å². The summed E-state index contributed by atoms with van der Waals surface area (Å²) in [5, 5.41) is 11.6. The summed E-state index contributed by atoms with van der Waals surface area (Å²) >= 11 is 0. The smallest absolute Gasteiger partial charge is 0.343 e. The molecule has 1 fully saturated rings. The summed E-state index contributed by atoms with van der Waals surface area (Å²) in [6.07, 6.45) is -5.59. The maximum Gasteiger partial charge on any atom is 0.343 e. The minimum Gasteiger partial charge on any atom is -0.461 e. The molecule has 1 aliphatic heterocycles. The van der Waals surface area contributed by atoms with Gasteiger partial charge >= 0.3 is 11.9 Å². The van der Waals surface area contributed by atoms with Gasteiger partial charge in [-0.05, 0) is 59.7 Å². The summed E-state index contributed by atoms with van der Waals surface area (Å²) < 4.78 is 36.3. The van der Waals surface area contributed by atoms with Crippen LogP contribution in [0.1, 0.15) is 31.8 Å². The lowest BCUT2D eigenvalue weighted by atomic mass is 9.98. The van der Waals surface area contributed by atoms with E-state index in [9.17, 15) is 14.7 Å². The number of carbonyl (C=O) groups excluding carboxylic acids is 2. The fourth-order valence-corrected chi connectivity index (χ4v) is 5.30. The Labute approximate surface area is 284 Å². The van der Waals surface area contributed by atoms with Gasteiger partial charge in [0.15, 0.2) is 6.10 Å². The largest absolute Gasteiger partial charge is 0.461 e. The van der Waals surface area contributed by atoms with Crippen molar-refractivity contribution in [1.82, 2.24) is 0 Å². The van der Waals surface area contributed by atoms with Crippen LogP contribution >= 0.6 is 0 Å². The molecule has 0 amide bonds. The number of rotatable bonds is 13. The molecule has 49 heavy (non-hydrogen) atoms. The fraction of sp³-hybridized carbons (Fsp3) is 0.200. The first-order chi connectivity index (χ1) is 24.0. The van der Waals surface area contributed by atoms with Crippen LogP contribution in [0.5, 0.6) is 11.5 Å². The van der Waals surface area contributed by atoms with Gasteiger partial charge in [0.1, 0.15) is 29.8 Å². The molecule has 1 heterocycles. The highest BCUT2D eigenvalue weighted by Gasteiger charge is 2.50. The van der Waals surface area contributed by atoms with Crippen LogP contribution in [0.2, 0.25) is 0 Å². The zero-order valence-corrected chi connectivity index (χ0v) is 26.6. The van der Waals surface area contributed by atoms with Crippen molar-refractivity contribution in [3.05, 3.63) is 168 Å². The lowest BCUT2D eigenvalue weighted by Crippen LogP contribution is -2.62. The lowest BCUT2D eigenvalue weighted by molar-refractivity contribution is -0.289. The van der Waals surface area contributed by atoms with Crippen molar-refractivity contribution in [2.75, 3.05) is 6.61 Å². The van der Waals surface area contributed by atoms with Crippen molar-refractivity contribution in [2.24, 2.45) is 0 Å². The van der Waals surface area contributed by atoms with Gasteiger partial charge in [-0.25, -0.2) is 9.59 Å². The van der Waals surface area contributed by atoms with Crippen molar-refractivity contribution in [1.29, 1.82) is 0 Å². The number of benzene rings is 5. The molecule has 250 valence electrons. The van der Waals surface area contributed by atoms with E-state index in [1.807, 2.05) is 66.7 Å². The molecule has 0 spiro atoms. The molecule has 5 aromatic rings. The minimum absolute atomic E-state index is 0.00877. The Kier molecular flexibility index (Phi) is 11.4. The Bertz CT molecular complexity index is 1750. The number of hydrogen-bond acceptors (Lipinski definition) is 9. The Morgan fingerprint density at radius 2 is 1.10 bits per heavy atom. The molecule has 0 aromatic heterocycles. The normalized spacial score (nSPS) is 20.2. The van der Waals surface area contributed by atoms with Crippen LogP contribution in [-0.4, -0.2) is 54.4 Å². The van der Waals surface area contributed by atoms with Crippen molar-refractivity contribution in [3.63, 3.8) is 0 Å². The van der Waals surface area contributed by atoms with Crippen LogP contribution in [0.15, 0.2) is 146 Å². The zero-order chi connectivity index (χ0) is 33.8. The van der Waals surface area contributed by atoms with Gasteiger partial charge in [0, 0.05) is 0 Å². The van der Waals surface area contributed by atoms with Gasteiger partial charge in [-0.15, -0.1) is 0 Å². The highest BCUT2D eigenvalue weighted by Crippen LogP contribution is 2.31. The third-order valence-corrected chi connectivity index (χ3v) is 7.85. The average Bonchev–Trinajstić information content (AvgIpc) is 3.15. The van der Waals surface area contributed by atoms with Crippen molar-refractivity contribution < 1.29 is 43.1 Å². The van der Waals surface area contributed by atoms with Crippen LogP contribution in [0.3, 0.4) is 0 Å². The summed E-state index contributed by atoms with van der Waals surface area (Å²) in [6, 6.07) is 42.7. The van der Waals surface area contributed by atoms with E-state index in [1.54, 1.807) is 78.9 Å². The third-order valence-electron chi connectivity index (χ3n) is 7.85. The zero-order valence-electron chi connectivity index (χ0n) is 26.6. The molecule has 5 aromatic carbocycles. The van der Waals surface area contributed by atoms with E-state index in [1.165, 1.54) is 0 Å². The number of aliphatic hydroxyl groups excluding tert-OH is 1. The first kappa shape index (κ1) is 33.6. The standard InChI is InChI=1S/C40H36O9/c41-35-34(27-44-25-28-13-5-1-6-14-28)48-40(47-33-23-21-32(22-24-33)46-38(42)30-17-9-3-10-18-30)37(49-39(43)31-19-11-4-12-20-31)36(35)45-26-29-15-7-2-8-16-29/h1-24,34-37,40-41H,25-27H2/t34-,35-,36+,37+,40?/m1/s1. The molecule has 5 atom stereocenters. The molecule has 9 nitrogen and oxygen atoms in total. The first-order valence-electron chi connectivity index (χ1n) is 15.9. The van der Waals surface area contributed by atoms with E-state index in [0.29, 0.717) is 29.2 Å². The van der Waals surface area contributed by atoms with E-state index in [2.05, 4.69) is 0 Å². The van der Waals surface area contributed by atoms with Crippen LogP contribution in [-0.2, 0) is 32.2 Å². The summed E-state index contributed by atoms with van der Waals surface area (Å²) in [7, 11) is 0. The van der Waals surface area contributed by atoms with Crippen LogP contribution in [0, 0.1) is 0 Å². The third kappa shape index (κ3) is 9.19.